The second kappa shape index (κ2) is 5.40. The van der Waals surface area contributed by atoms with Gasteiger partial charge < -0.3 is 0 Å². The van der Waals surface area contributed by atoms with Crippen molar-refractivity contribution in [2.75, 3.05) is 0 Å². The largest absolute Gasteiger partial charge is 0.298 e. The van der Waals surface area contributed by atoms with E-state index >= 15 is 0 Å². The average molecular weight is 292 g/mol. The molecule has 0 aliphatic carbocycles. The molecule has 0 spiro atoms. The van der Waals surface area contributed by atoms with Crippen molar-refractivity contribution < 1.29 is 12.6 Å². The molecule has 0 bridgehead atoms. The fourth-order valence-corrected chi connectivity index (χ4v) is 2.49. The SMILES string of the molecule is Cc1ccc(S(=O)(=O)OC(C#N)c2cn(C)nn2)cc1. The van der Waals surface area contributed by atoms with Crippen LogP contribution >= 0.6 is 0 Å². The van der Waals surface area contributed by atoms with Crippen molar-refractivity contribution in [3.05, 3.63) is 41.7 Å². The van der Waals surface area contributed by atoms with Crippen LogP contribution in [0.4, 0.5) is 0 Å². The zero-order valence-corrected chi connectivity index (χ0v) is 11.7. The molecular weight excluding hydrogens is 280 g/mol. The molecule has 0 radical (unpaired) electrons. The summed E-state index contributed by atoms with van der Waals surface area (Å²) in [4.78, 5) is -0.00718. The molecule has 1 atom stereocenters. The molecule has 0 aliphatic heterocycles. The normalized spacial score (nSPS) is 12.8. The van der Waals surface area contributed by atoms with Crippen molar-refractivity contribution in [1.29, 1.82) is 5.26 Å². The van der Waals surface area contributed by atoms with E-state index in [1.54, 1.807) is 25.2 Å². The van der Waals surface area contributed by atoms with Gasteiger partial charge in [0.15, 0.2) is 0 Å². The summed E-state index contributed by atoms with van der Waals surface area (Å²) in [6, 6.07) is 7.91. The lowest BCUT2D eigenvalue weighted by Gasteiger charge is -2.08. The van der Waals surface area contributed by atoms with Gasteiger partial charge >= 0.3 is 0 Å². The summed E-state index contributed by atoms with van der Waals surface area (Å²) >= 11 is 0. The van der Waals surface area contributed by atoms with E-state index in [1.165, 1.54) is 23.0 Å². The maximum atomic E-state index is 12.1. The average Bonchev–Trinajstić information content (AvgIpc) is 2.83. The van der Waals surface area contributed by atoms with Crippen LogP contribution in [0.15, 0.2) is 35.4 Å². The van der Waals surface area contributed by atoms with Gasteiger partial charge in [-0.25, -0.2) is 4.18 Å². The van der Waals surface area contributed by atoms with Crippen molar-refractivity contribution in [1.82, 2.24) is 15.0 Å². The quantitative estimate of drug-likeness (QED) is 0.782. The smallest absolute Gasteiger partial charge is 0.255 e. The number of rotatable bonds is 4. The summed E-state index contributed by atoms with van der Waals surface area (Å²) in [6.07, 6.45) is 0.105. The first-order valence-corrected chi connectivity index (χ1v) is 7.09. The van der Waals surface area contributed by atoms with Gasteiger partial charge in [-0.15, -0.1) is 5.10 Å². The monoisotopic (exact) mass is 292 g/mol. The third-order valence-corrected chi connectivity index (χ3v) is 3.83. The van der Waals surface area contributed by atoms with Crippen molar-refractivity contribution in [3.63, 3.8) is 0 Å². The summed E-state index contributed by atoms with van der Waals surface area (Å²) < 4.78 is 30.4. The Kier molecular flexibility index (Phi) is 3.83. The van der Waals surface area contributed by atoms with Gasteiger partial charge in [0, 0.05) is 7.05 Å². The number of hydrogen-bond donors (Lipinski definition) is 0. The van der Waals surface area contributed by atoms with Crippen LogP contribution in [0.2, 0.25) is 0 Å². The highest BCUT2D eigenvalue weighted by molar-refractivity contribution is 7.86. The molecule has 0 aliphatic rings. The molecule has 104 valence electrons. The predicted octanol–water partition coefficient (Wildman–Crippen LogP) is 1.09. The highest BCUT2D eigenvalue weighted by atomic mass is 32.2. The molecule has 1 unspecified atom stereocenters. The number of aryl methyl sites for hydroxylation is 2. The second-order valence-corrected chi connectivity index (χ2v) is 5.76. The van der Waals surface area contributed by atoms with Crippen LogP contribution in [-0.2, 0) is 21.3 Å². The fraction of sp³-hybridized carbons (Fsp3) is 0.250. The van der Waals surface area contributed by atoms with Crippen molar-refractivity contribution in [2.45, 2.75) is 17.9 Å². The zero-order valence-electron chi connectivity index (χ0n) is 10.9. The fourth-order valence-electron chi connectivity index (χ4n) is 1.51. The Morgan fingerprint density at radius 3 is 2.50 bits per heavy atom. The molecule has 1 aromatic heterocycles. The zero-order chi connectivity index (χ0) is 14.8. The topological polar surface area (TPSA) is 97.9 Å². The van der Waals surface area contributed by atoms with E-state index in [-0.39, 0.29) is 10.6 Å². The molecule has 7 nitrogen and oxygen atoms in total. The second-order valence-electron chi connectivity index (χ2n) is 4.19. The molecule has 0 N–H and O–H groups in total. The van der Waals surface area contributed by atoms with Crippen LogP contribution in [0.1, 0.15) is 17.4 Å². The van der Waals surface area contributed by atoms with Crippen LogP contribution in [0.5, 0.6) is 0 Å². The Morgan fingerprint density at radius 2 is 2.00 bits per heavy atom. The molecule has 1 aromatic carbocycles. The molecule has 0 saturated carbocycles. The predicted molar refractivity (Wildman–Crippen MR) is 68.8 cm³/mol. The first-order valence-electron chi connectivity index (χ1n) is 5.68. The molecule has 20 heavy (non-hydrogen) atoms. The lowest BCUT2D eigenvalue weighted by atomic mass is 10.2. The first kappa shape index (κ1) is 14.2. The number of nitriles is 1. The van der Waals surface area contributed by atoms with Gasteiger partial charge in [-0.2, -0.15) is 13.7 Å². The number of benzene rings is 1. The third kappa shape index (κ3) is 3.01. The van der Waals surface area contributed by atoms with Crippen molar-refractivity contribution >= 4 is 10.1 Å². The van der Waals surface area contributed by atoms with Crippen LogP contribution in [0.3, 0.4) is 0 Å². The molecular formula is C12H12N4O3S. The van der Waals surface area contributed by atoms with Crippen molar-refractivity contribution in [3.8, 4) is 6.07 Å². The summed E-state index contributed by atoms with van der Waals surface area (Å²) in [5.41, 5.74) is 1.07. The minimum atomic E-state index is -4.03. The highest BCUT2D eigenvalue weighted by Crippen LogP contribution is 2.21. The van der Waals surface area contributed by atoms with Crippen LogP contribution in [-0.4, -0.2) is 23.4 Å². The third-order valence-electron chi connectivity index (χ3n) is 2.54. The van der Waals surface area contributed by atoms with Crippen molar-refractivity contribution in [2.24, 2.45) is 7.05 Å². The number of hydrogen-bond acceptors (Lipinski definition) is 6. The van der Waals surface area contributed by atoms with Gasteiger partial charge in [0.2, 0.25) is 6.10 Å². The van der Waals surface area contributed by atoms with E-state index in [9.17, 15) is 8.42 Å². The molecule has 2 aromatic rings. The standard InChI is InChI=1S/C12H12N4O3S/c1-9-3-5-10(6-4-9)20(17,18)19-12(7-13)11-8-16(2)15-14-11/h3-6,8,12H,1-2H3. The minimum absolute atomic E-state index is 0.00718. The lowest BCUT2D eigenvalue weighted by molar-refractivity contribution is 0.263. The maximum Gasteiger partial charge on any atom is 0.298 e. The summed E-state index contributed by atoms with van der Waals surface area (Å²) in [7, 11) is -2.42. The van der Waals surface area contributed by atoms with Crippen LogP contribution in [0, 0.1) is 18.3 Å². The van der Waals surface area contributed by atoms with Gasteiger partial charge in [-0.05, 0) is 19.1 Å². The van der Waals surface area contributed by atoms with Gasteiger partial charge in [0.25, 0.3) is 10.1 Å². The Bertz CT molecular complexity index is 744. The van der Waals surface area contributed by atoms with Crippen LogP contribution < -0.4 is 0 Å². The van der Waals surface area contributed by atoms with E-state index in [0.29, 0.717) is 0 Å². The van der Waals surface area contributed by atoms with Gasteiger partial charge in [-0.3, -0.25) is 4.68 Å². The molecule has 0 saturated heterocycles. The van der Waals surface area contributed by atoms with E-state index in [0.717, 1.165) is 5.56 Å². The summed E-state index contributed by atoms with van der Waals surface area (Å²) in [5, 5.41) is 16.3. The van der Waals surface area contributed by atoms with E-state index in [2.05, 4.69) is 10.3 Å². The molecule has 8 heteroatoms. The van der Waals surface area contributed by atoms with E-state index in [1.807, 2.05) is 6.92 Å². The summed E-state index contributed by atoms with van der Waals surface area (Å²) in [5.74, 6) is 0. The van der Waals surface area contributed by atoms with E-state index < -0.39 is 16.2 Å². The lowest BCUT2D eigenvalue weighted by Crippen LogP contribution is -2.11. The Balaban J connectivity index is 2.27. The molecule has 2 rings (SSSR count). The molecule has 1 heterocycles. The Labute approximate surface area is 116 Å². The molecule has 0 amide bonds. The maximum absolute atomic E-state index is 12.1. The Hall–Kier alpha value is -2.24. The first-order chi connectivity index (χ1) is 9.42. The number of aromatic nitrogens is 3. The summed E-state index contributed by atoms with van der Waals surface area (Å²) in [6.45, 7) is 1.84. The number of nitrogens with zero attached hydrogens (tertiary/aromatic N) is 4. The minimum Gasteiger partial charge on any atom is -0.255 e. The molecule has 0 fully saturated rings. The Morgan fingerprint density at radius 1 is 1.35 bits per heavy atom. The highest BCUT2D eigenvalue weighted by Gasteiger charge is 2.25. The van der Waals surface area contributed by atoms with Crippen LogP contribution in [0.25, 0.3) is 0 Å². The van der Waals surface area contributed by atoms with E-state index in [4.69, 9.17) is 9.44 Å². The van der Waals surface area contributed by atoms with Gasteiger partial charge in [0.1, 0.15) is 11.8 Å². The van der Waals surface area contributed by atoms with Gasteiger partial charge in [0.05, 0.1) is 11.1 Å². The van der Waals surface area contributed by atoms with Gasteiger partial charge in [-0.1, -0.05) is 22.9 Å².